The Bertz CT molecular complexity index is 292. The number of benzene rings is 1. The van der Waals surface area contributed by atoms with Gasteiger partial charge in [-0.2, -0.15) is 0 Å². The van der Waals surface area contributed by atoms with Crippen molar-refractivity contribution in [3.05, 3.63) is 29.8 Å². The Morgan fingerprint density at radius 3 is 2.07 bits per heavy atom. The summed E-state index contributed by atoms with van der Waals surface area (Å²) in [5, 5.41) is -0.227. The van der Waals surface area contributed by atoms with Crippen molar-refractivity contribution in [3.63, 3.8) is 0 Å². The minimum atomic E-state index is -4.64. The first-order chi connectivity index (χ1) is 6.38. The van der Waals surface area contributed by atoms with E-state index in [2.05, 4.69) is 4.74 Å². The molecule has 1 unspecified atom stereocenters. The van der Waals surface area contributed by atoms with Gasteiger partial charge in [0.2, 0.25) is 0 Å². The number of halogens is 4. The second-order valence-corrected chi connectivity index (χ2v) is 3.39. The monoisotopic (exact) mass is 224 g/mol. The summed E-state index contributed by atoms with van der Waals surface area (Å²) in [5.74, 6) is -0.237. The highest BCUT2D eigenvalue weighted by atomic mass is 35.5. The molecular weight excluding hydrogens is 217 g/mol. The standard InChI is InChI=1S/C9H8ClF3O/c1-6(10)7-2-4-8(5-3-7)14-9(11,12)13/h2-6H,1H3. The zero-order chi connectivity index (χ0) is 10.8. The molecule has 0 saturated heterocycles. The molecule has 0 spiro atoms. The normalized spacial score (nSPS) is 13.8. The molecule has 0 radical (unpaired) electrons. The lowest BCUT2D eigenvalue weighted by atomic mass is 10.2. The predicted molar refractivity (Wildman–Crippen MR) is 47.4 cm³/mol. The second kappa shape index (κ2) is 4.09. The first-order valence-electron chi connectivity index (χ1n) is 3.88. The van der Waals surface area contributed by atoms with E-state index < -0.39 is 6.36 Å². The van der Waals surface area contributed by atoms with Gasteiger partial charge in [-0.1, -0.05) is 12.1 Å². The minimum absolute atomic E-state index is 0.227. The molecule has 0 aliphatic carbocycles. The number of rotatable bonds is 2. The van der Waals surface area contributed by atoms with Gasteiger partial charge >= 0.3 is 6.36 Å². The van der Waals surface area contributed by atoms with Crippen molar-refractivity contribution in [2.45, 2.75) is 18.7 Å². The summed E-state index contributed by atoms with van der Waals surface area (Å²) in [6, 6.07) is 5.47. The van der Waals surface area contributed by atoms with Crippen LogP contribution in [0.15, 0.2) is 24.3 Å². The van der Waals surface area contributed by atoms with Crippen molar-refractivity contribution in [1.29, 1.82) is 0 Å². The topological polar surface area (TPSA) is 9.23 Å². The van der Waals surface area contributed by atoms with Crippen molar-refractivity contribution in [2.75, 3.05) is 0 Å². The molecule has 1 aromatic carbocycles. The van der Waals surface area contributed by atoms with Crippen molar-refractivity contribution in [1.82, 2.24) is 0 Å². The summed E-state index contributed by atoms with van der Waals surface area (Å²) in [7, 11) is 0. The summed E-state index contributed by atoms with van der Waals surface area (Å²) in [6.45, 7) is 1.74. The van der Waals surface area contributed by atoms with Crippen molar-refractivity contribution >= 4 is 11.6 Å². The van der Waals surface area contributed by atoms with E-state index in [4.69, 9.17) is 11.6 Å². The number of hydrogen-bond acceptors (Lipinski definition) is 1. The zero-order valence-electron chi connectivity index (χ0n) is 7.31. The molecule has 14 heavy (non-hydrogen) atoms. The van der Waals surface area contributed by atoms with E-state index in [0.717, 1.165) is 5.56 Å². The fourth-order valence-corrected chi connectivity index (χ4v) is 1.08. The maximum atomic E-state index is 11.8. The molecule has 0 bridgehead atoms. The van der Waals surface area contributed by atoms with Crippen molar-refractivity contribution in [3.8, 4) is 5.75 Å². The summed E-state index contributed by atoms with van der Waals surface area (Å²) >= 11 is 5.73. The number of alkyl halides is 4. The van der Waals surface area contributed by atoms with Crippen LogP contribution in [-0.2, 0) is 0 Å². The van der Waals surface area contributed by atoms with Crippen LogP contribution in [0.25, 0.3) is 0 Å². The molecule has 1 rings (SSSR count). The fourth-order valence-electron chi connectivity index (χ4n) is 0.935. The van der Waals surface area contributed by atoms with Gasteiger partial charge in [0.05, 0.1) is 5.38 Å². The molecule has 0 N–H and O–H groups in total. The van der Waals surface area contributed by atoms with Crippen LogP contribution in [0.4, 0.5) is 13.2 Å². The molecule has 0 saturated carbocycles. The zero-order valence-corrected chi connectivity index (χ0v) is 8.06. The van der Waals surface area contributed by atoms with E-state index >= 15 is 0 Å². The molecule has 1 atom stereocenters. The summed E-state index contributed by atoms with van der Waals surface area (Å²) in [5.41, 5.74) is 0.751. The Labute approximate surface area is 84.4 Å². The van der Waals surface area contributed by atoms with Crippen LogP contribution in [0.2, 0.25) is 0 Å². The molecule has 0 aromatic heterocycles. The highest BCUT2D eigenvalue weighted by molar-refractivity contribution is 6.20. The highest BCUT2D eigenvalue weighted by Gasteiger charge is 2.30. The Morgan fingerprint density at radius 2 is 1.71 bits per heavy atom. The SMILES string of the molecule is CC(Cl)c1ccc(OC(F)(F)F)cc1. The lowest BCUT2D eigenvalue weighted by Crippen LogP contribution is -2.17. The predicted octanol–water partition coefficient (Wildman–Crippen LogP) is 3.89. The van der Waals surface area contributed by atoms with Crippen molar-refractivity contribution < 1.29 is 17.9 Å². The first-order valence-corrected chi connectivity index (χ1v) is 4.32. The molecule has 0 fully saturated rings. The molecule has 0 aliphatic heterocycles. The molecular formula is C9H8ClF3O. The maximum absolute atomic E-state index is 11.8. The van der Waals surface area contributed by atoms with Crippen LogP contribution in [0.1, 0.15) is 17.9 Å². The molecule has 1 aromatic rings. The largest absolute Gasteiger partial charge is 0.573 e. The van der Waals surface area contributed by atoms with Crippen LogP contribution in [-0.4, -0.2) is 6.36 Å². The average molecular weight is 225 g/mol. The fraction of sp³-hybridized carbons (Fsp3) is 0.333. The van der Waals surface area contributed by atoms with Gasteiger partial charge in [-0.05, 0) is 24.6 Å². The smallest absolute Gasteiger partial charge is 0.406 e. The third-order valence-corrected chi connectivity index (χ3v) is 1.82. The van der Waals surface area contributed by atoms with E-state index in [-0.39, 0.29) is 11.1 Å². The Hall–Kier alpha value is -0.900. The Kier molecular flexibility index (Phi) is 3.26. The molecule has 5 heteroatoms. The van der Waals surface area contributed by atoms with Crippen LogP contribution in [0.3, 0.4) is 0 Å². The van der Waals surface area contributed by atoms with Gasteiger partial charge in [-0.3, -0.25) is 0 Å². The maximum Gasteiger partial charge on any atom is 0.573 e. The third-order valence-electron chi connectivity index (χ3n) is 1.57. The van der Waals surface area contributed by atoms with Crippen LogP contribution < -0.4 is 4.74 Å². The Morgan fingerprint density at radius 1 is 1.21 bits per heavy atom. The second-order valence-electron chi connectivity index (χ2n) is 2.73. The van der Waals surface area contributed by atoms with Crippen molar-refractivity contribution in [2.24, 2.45) is 0 Å². The van der Waals surface area contributed by atoms with Gasteiger partial charge in [0, 0.05) is 0 Å². The van der Waals surface area contributed by atoms with Gasteiger partial charge in [-0.25, -0.2) is 0 Å². The van der Waals surface area contributed by atoms with Crippen LogP contribution >= 0.6 is 11.6 Å². The van der Waals surface area contributed by atoms with Gasteiger partial charge in [-0.15, -0.1) is 24.8 Å². The third kappa shape index (κ3) is 3.46. The van der Waals surface area contributed by atoms with Gasteiger partial charge < -0.3 is 4.74 Å². The lowest BCUT2D eigenvalue weighted by Gasteiger charge is -2.09. The number of hydrogen-bond donors (Lipinski definition) is 0. The lowest BCUT2D eigenvalue weighted by molar-refractivity contribution is -0.274. The molecule has 78 valence electrons. The van der Waals surface area contributed by atoms with Crippen LogP contribution in [0.5, 0.6) is 5.75 Å². The molecule has 0 aliphatic rings. The van der Waals surface area contributed by atoms with E-state index in [1.54, 1.807) is 6.92 Å². The van der Waals surface area contributed by atoms with E-state index in [0.29, 0.717) is 0 Å². The highest BCUT2D eigenvalue weighted by Crippen LogP contribution is 2.25. The Balaban J connectivity index is 2.74. The average Bonchev–Trinajstić information content (AvgIpc) is 2.02. The van der Waals surface area contributed by atoms with E-state index in [1.807, 2.05) is 0 Å². The molecule has 0 amide bonds. The summed E-state index contributed by atoms with van der Waals surface area (Å²) in [4.78, 5) is 0. The van der Waals surface area contributed by atoms with Crippen LogP contribution in [0, 0.1) is 0 Å². The molecule has 0 heterocycles. The van der Waals surface area contributed by atoms with E-state index in [9.17, 15) is 13.2 Å². The first kappa shape index (κ1) is 11.2. The van der Waals surface area contributed by atoms with E-state index in [1.165, 1.54) is 24.3 Å². The van der Waals surface area contributed by atoms with Gasteiger partial charge in [0.25, 0.3) is 0 Å². The van der Waals surface area contributed by atoms with Gasteiger partial charge in [0.15, 0.2) is 0 Å². The summed E-state index contributed by atoms with van der Waals surface area (Å²) in [6.07, 6.45) is -4.64. The summed E-state index contributed by atoms with van der Waals surface area (Å²) < 4.78 is 38.9. The number of ether oxygens (including phenoxy) is 1. The molecule has 1 nitrogen and oxygen atoms in total. The quantitative estimate of drug-likeness (QED) is 0.693. The minimum Gasteiger partial charge on any atom is -0.406 e. The van der Waals surface area contributed by atoms with Gasteiger partial charge in [0.1, 0.15) is 5.75 Å².